The van der Waals surface area contributed by atoms with Crippen LogP contribution in [0.5, 0.6) is 5.75 Å². The van der Waals surface area contributed by atoms with Gasteiger partial charge in [0.15, 0.2) is 5.65 Å². The summed E-state index contributed by atoms with van der Waals surface area (Å²) in [5, 5.41) is 11.6. The Labute approximate surface area is 179 Å². The van der Waals surface area contributed by atoms with Gasteiger partial charge in [-0.3, -0.25) is 4.40 Å². The van der Waals surface area contributed by atoms with Gasteiger partial charge >= 0.3 is 0 Å². The Morgan fingerprint density at radius 3 is 2.81 bits per heavy atom. The summed E-state index contributed by atoms with van der Waals surface area (Å²) in [5.74, 6) is 1.07. The van der Waals surface area contributed by atoms with E-state index in [9.17, 15) is 4.39 Å². The molecule has 1 aliphatic heterocycles. The van der Waals surface area contributed by atoms with Crippen molar-refractivity contribution in [3.05, 3.63) is 71.4 Å². The molecule has 0 radical (unpaired) electrons. The molecule has 0 fully saturated rings. The van der Waals surface area contributed by atoms with E-state index in [4.69, 9.17) is 4.74 Å². The molecule has 31 heavy (non-hydrogen) atoms. The molecule has 0 amide bonds. The summed E-state index contributed by atoms with van der Waals surface area (Å²) in [7, 11) is 4.10. The number of aromatic nitrogens is 4. The highest BCUT2D eigenvalue weighted by atomic mass is 19.1. The van der Waals surface area contributed by atoms with Crippen LogP contribution in [0, 0.1) is 5.82 Å². The van der Waals surface area contributed by atoms with Gasteiger partial charge in [0.05, 0.1) is 6.61 Å². The molecule has 5 rings (SSSR count). The summed E-state index contributed by atoms with van der Waals surface area (Å²) in [6, 6.07) is 11.5. The van der Waals surface area contributed by atoms with Crippen molar-refractivity contribution in [2.24, 2.45) is 0 Å². The molecule has 0 spiro atoms. The highest BCUT2D eigenvalue weighted by molar-refractivity contribution is 5.77. The molecule has 4 aromatic rings. The Morgan fingerprint density at radius 1 is 1.16 bits per heavy atom. The van der Waals surface area contributed by atoms with E-state index in [0.717, 1.165) is 29.0 Å². The minimum Gasteiger partial charge on any atom is -0.493 e. The molecule has 158 valence electrons. The monoisotopic (exact) mass is 418 g/mol. The van der Waals surface area contributed by atoms with Crippen LogP contribution in [-0.2, 0) is 19.5 Å². The molecule has 0 aliphatic carbocycles. The molecule has 7 nitrogen and oxygen atoms in total. The van der Waals surface area contributed by atoms with Crippen molar-refractivity contribution in [3.63, 3.8) is 0 Å². The number of ether oxygens (including phenoxy) is 1. The summed E-state index contributed by atoms with van der Waals surface area (Å²) in [6.07, 6.45) is 4.11. The molecule has 2 aromatic heterocycles. The van der Waals surface area contributed by atoms with Gasteiger partial charge in [-0.1, -0.05) is 24.3 Å². The highest BCUT2D eigenvalue weighted by Crippen LogP contribution is 2.31. The minimum atomic E-state index is -0.244. The van der Waals surface area contributed by atoms with Crippen molar-refractivity contribution in [2.75, 3.05) is 26.0 Å². The average Bonchev–Trinajstić information content (AvgIpc) is 3.43. The molecule has 1 N–H and O–H groups in total. The molecule has 1 aliphatic rings. The number of anilines is 1. The summed E-state index contributed by atoms with van der Waals surface area (Å²) in [6.45, 7) is 1.77. The van der Waals surface area contributed by atoms with Gasteiger partial charge in [-0.25, -0.2) is 9.37 Å². The molecule has 0 saturated carbocycles. The predicted octanol–water partition coefficient (Wildman–Crippen LogP) is 3.54. The number of nitrogens with zero attached hydrogens (tertiary/aromatic N) is 5. The van der Waals surface area contributed by atoms with Crippen LogP contribution in [0.1, 0.15) is 16.7 Å². The number of rotatable bonds is 6. The van der Waals surface area contributed by atoms with Crippen LogP contribution >= 0.6 is 0 Å². The molecule has 0 bridgehead atoms. The van der Waals surface area contributed by atoms with E-state index in [1.165, 1.54) is 11.6 Å². The first-order valence-electron chi connectivity index (χ1n) is 10.2. The summed E-state index contributed by atoms with van der Waals surface area (Å²) < 4.78 is 21.8. The van der Waals surface area contributed by atoms with Gasteiger partial charge in [0.2, 0.25) is 5.95 Å². The fraction of sp³-hybridized carbons (Fsp3) is 0.261. The van der Waals surface area contributed by atoms with Gasteiger partial charge in [-0.2, -0.15) is 0 Å². The zero-order valence-electron chi connectivity index (χ0n) is 17.5. The van der Waals surface area contributed by atoms with E-state index in [2.05, 4.69) is 49.7 Å². The number of hydrogen-bond donors (Lipinski definition) is 1. The predicted molar refractivity (Wildman–Crippen MR) is 117 cm³/mol. The van der Waals surface area contributed by atoms with E-state index in [0.29, 0.717) is 36.7 Å². The first-order valence-corrected chi connectivity index (χ1v) is 10.2. The lowest BCUT2D eigenvalue weighted by molar-refractivity contribution is 0.356. The van der Waals surface area contributed by atoms with Crippen molar-refractivity contribution >= 4 is 11.6 Å². The molecular formula is C23H23FN6O. The van der Waals surface area contributed by atoms with Crippen molar-refractivity contribution in [1.82, 2.24) is 24.5 Å². The van der Waals surface area contributed by atoms with Crippen molar-refractivity contribution in [3.8, 4) is 16.9 Å². The van der Waals surface area contributed by atoms with E-state index in [-0.39, 0.29) is 5.82 Å². The van der Waals surface area contributed by atoms with Gasteiger partial charge in [-0.15, -0.1) is 10.2 Å². The number of hydrogen-bond acceptors (Lipinski definition) is 6. The molecule has 3 heterocycles. The minimum absolute atomic E-state index is 0.244. The Hall–Kier alpha value is -3.52. The maximum absolute atomic E-state index is 14.4. The lowest BCUT2D eigenvalue weighted by Crippen LogP contribution is -2.10. The summed E-state index contributed by atoms with van der Waals surface area (Å²) in [4.78, 5) is 6.70. The second-order valence-electron chi connectivity index (χ2n) is 7.91. The Kier molecular flexibility index (Phi) is 4.99. The fourth-order valence-electron chi connectivity index (χ4n) is 3.98. The number of nitrogens with one attached hydrogen (secondary N) is 1. The zero-order valence-corrected chi connectivity index (χ0v) is 17.5. The van der Waals surface area contributed by atoms with E-state index < -0.39 is 0 Å². The molecular weight excluding hydrogens is 395 g/mol. The molecule has 0 saturated heterocycles. The SMILES string of the molecule is CN(C)Cc1ccc(-c2cnc(NCc3c(F)ccc4c3CCO4)n3cnnc23)cc1. The second kappa shape index (κ2) is 7.96. The zero-order chi connectivity index (χ0) is 21.4. The molecule has 0 unspecified atom stereocenters. The second-order valence-corrected chi connectivity index (χ2v) is 7.91. The maximum atomic E-state index is 14.4. The summed E-state index contributed by atoms with van der Waals surface area (Å²) in [5.41, 5.74) is 5.36. The standard InChI is InChI=1S/C23H23FN6O/c1-29(2)13-15-3-5-16(6-4-15)18-11-25-23(30-14-27-28-22(18)30)26-12-19-17-9-10-31-21(17)8-7-20(19)24/h3-8,11,14H,9-10,12-13H2,1-2H3,(H,25,26). The smallest absolute Gasteiger partial charge is 0.210 e. The van der Waals surface area contributed by atoms with Crippen LogP contribution in [0.25, 0.3) is 16.8 Å². The van der Waals surface area contributed by atoms with Crippen molar-refractivity contribution in [2.45, 2.75) is 19.5 Å². The Morgan fingerprint density at radius 2 is 2.00 bits per heavy atom. The molecule has 2 aromatic carbocycles. The normalized spacial score (nSPS) is 12.9. The first-order chi connectivity index (χ1) is 15.1. The van der Waals surface area contributed by atoms with Crippen LogP contribution in [0.2, 0.25) is 0 Å². The van der Waals surface area contributed by atoms with E-state index in [1.807, 2.05) is 14.1 Å². The third-order valence-corrected chi connectivity index (χ3v) is 5.46. The number of fused-ring (bicyclic) bond motifs is 2. The van der Waals surface area contributed by atoms with Crippen LogP contribution < -0.4 is 10.1 Å². The lowest BCUT2D eigenvalue weighted by atomic mass is 10.0. The van der Waals surface area contributed by atoms with Crippen LogP contribution in [0.3, 0.4) is 0 Å². The molecule has 8 heteroatoms. The maximum Gasteiger partial charge on any atom is 0.210 e. The van der Waals surface area contributed by atoms with E-state index >= 15 is 0 Å². The van der Waals surface area contributed by atoms with Gasteiger partial charge in [0.1, 0.15) is 17.9 Å². The van der Waals surface area contributed by atoms with Crippen LogP contribution in [-0.4, -0.2) is 45.2 Å². The first kappa shape index (κ1) is 19.4. The van der Waals surface area contributed by atoms with Crippen molar-refractivity contribution in [1.29, 1.82) is 0 Å². The number of benzene rings is 2. The third kappa shape index (κ3) is 3.70. The lowest BCUT2D eigenvalue weighted by Gasteiger charge is -2.13. The fourth-order valence-corrected chi connectivity index (χ4v) is 3.98. The van der Waals surface area contributed by atoms with Gasteiger partial charge in [-0.05, 0) is 37.4 Å². The van der Waals surface area contributed by atoms with Crippen LogP contribution in [0.4, 0.5) is 10.3 Å². The topological polar surface area (TPSA) is 67.6 Å². The number of halogens is 1. The van der Waals surface area contributed by atoms with Gasteiger partial charge in [0.25, 0.3) is 0 Å². The highest BCUT2D eigenvalue weighted by Gasteiger charge is 2.20. The van der Waals surface area contributed by atoms with E-state index in [1.54, 1.807) is 23.0 Å². The average molecular weight is 418 g/mol. The van der Waals surface area contributed by atoms with Gasteiger partial charge < -0.3 is 15.0 Å². The Balaban J connectivity index is 1.43. The quantitative estimate of drug-likeness (QED) is 0.517. The molecule has 0 atom stereocenters. The summed E-state index contributed by atoms with van der Waals surface area (Å²) >= 11 is 0. The Bertz CT molecular complexity index is 1240. The van der Waals surface area contributed by atoms with Crippen LogP contribution in [0.15, 0.2) is 48.9 Å². The third-order valence-electron chi connectivity index (χ3n) is 5.46. The largest absolute Gasteiger partial charge is 0.493 e. The van der Waals surface area contributed by atoms with Crippen molar-refractivity contribution < 1.29 is 9.13 Å². The van der Waals surface area contributed by atoms with Gasteiger partial charge in [0, 0.05) is 42.4 Å².